The Morgan fingerprint density at radius 2 is 2.41 bits per heavy atom. The Kier molecular flexibility index (Phi) is 5.87. The lowest BCUT2D eigenvalue weighted by molar-refractivity contribution is -0.130. The smallest absolute Gasteiger partial charge is 0.253 e. The second-order valence-electron chi connectivity index (χ2n) is 5.26. The molecule has 1 aliphatic heterocycles. The van der Waals surface area contributed by atoms with Crippen LogP contribution in [0.3, 0.4) is 0 Å². The second kappa shape index (κ2) is 7.87. The molecule has 1 N–H and O–H groups in total. The van der Waals surface area contributed by atoms with E-state index in [0.29, 0.717) is 12.3 Å². The van der Waals surface area contributed by atoms with Gasteiger partial charge in [0, 0.05) is 12.3 Å². The lowest BCUT2D eigenvalue weighted by Crippen LogP contribution is -2.32. The molecule has 0 spiro atoms. The predicted octanol–water partition coefficient (Wildman–Crippen LogP) is 2.61. The van der Waals surface area contributed by atoms with Crippen LogP contribution >= 0.6 is 0 Å². The topological polar surface area (TPSA) is 71.3 Å². The van der Waals surface area contributed by atoms with Crippen molar-refractivity contribution >= 4 is 11.6 Å². The van der Waals surface area contributed by atoms with Crippen molar-refractivity contribution in [3.63, 3.8) is 0 Å². The number of rotatable bonds is 5. The van der Waals surface area contributed by atoms with E-state index in [0.717, 1.165) is 31.9 Å². The van der Waals surface area contributed by atoms with Crippen LogP contribution in [0.5, 0.6) is 0 Å². The molecule has 1 amide bonds. The summed E-state index contributed by atoms with van der Waals surface area (Å²) in [7, 11) is 0. The number of amides is 1. The van der Waals surface area contributed by atoms with Crippen molar-refractivity contribution in [2.45, 2.75) is 38.4 Å². The van der Waals surface area contributed by atoms with E-state index in [9.17, 15) is 9.18 Å². The van der Waals surface area contributed by atoms with Crippen LogP contribution in [0.4, 0.5) is 10.1 Å². The van der Waals surface area contributed by atoms with E-state index >= 15 is 0 Å². The lowest BCUT2D eigenvalue weighted by atomic mass is 10.1. The fourth-order valence-electron chi connectivity index (χ4n) is 2.20. The number of hydrogen-bond acceptors (Lipinski definition) is 4. The first kappa shape index (κ1) is 16.4. The van der Waals surface area contributed by atoms with E-state index in [2.05, 4.69) is 5.32 Å². The van der Waals surface area contributed by atoms with Gasteiger partial charge in [0.15, 0.2) is 0 Å². The van der Waals surface area contributed by atoms with Gasteiger partial charge < -0.3 is 14.8 Å². The SMILES string of the molecule is CC(OCC1CCCCO1)C(=O)Nc1ccc(F)c(C#N)c1. The first-order valence-corrected chi connectivity index (χ1v) is 7.34. The third-order valence-electron chi connectivity index (χ3n) is 3.53. The summed E-state index contributed by atoms with van der Waals surface area (Å²) in [6, 6.07) is 5.58. The number of carbonyl (C=O) groups excluding carboxylic acids is 1. The summed E-state index contributed by atoms with van der Waals surface area (Å²) in [5.74, 6) is -0.953. The minimum absolute atomic E-state index is 0.0417. The molecule has 0 aromatic heterocycles. The monoisotopic (exact) mass is 306 g/mol. The number of nitrogens with zero attached hydrogens (tertiary/aromatic N) is 1. The maximum absolute atomic E-state index is 13.2. The average Bonchev–Trinajstić information content (AvgIpc) is 2.55. The van der Waals surface area contributed by atoms with Crippen molar-refractivity contribution in [1.29, 1.82) is 5.26 Å². The Morgan fingerprint density at radius 3 is 3.09 bits per heavy atom. The van der Waals surface area contributed by atoms with Gasteiger partial charge >= 0.3 is 0 Å². The number of ether oxygens (including phenoxy) is 2. The van der Waals surface area contributed by atoms with Crippen LogP contribution in [-0.2, 0) is 14.3 Å². The van der Waals surface area contributed by atoms with Gasteiger partial charge in [-0.25, -0.2) is 4.39 Å². The summed E-state index contributed by atoms with van der Waals surface area (Å²) in [5, 5.41) is 11.4. The highest BCUT2D eigenvalue weighted by molar-refractivity contribution is 5.94. The van der Waals surface area contributed by atoms with Crippen molar-refractivity contribution in [3.05, 3.63) is 29.6 Å². The third-order valence-corrected chi connectivity index (χ3v) is 3.53. The van der Waals surface area contributed by atoms with E-state index in [1.165, 1.54) is 12.1 Å². The van der Waals surface area contributed by atoms with Gasteiger partial charge in [-0.1, -0.05) is 0 Å². The quantitative estimate of drug-likeness (QED) is 0.907. The van der Waals surface area contributed by atoms with Crippen LogP contribution in [0.1, 0.15) is 31.7 Å². The van der Waals surface area contributed by atoms with Gasteiger partial charge in [0.1, 0.15) is 18.0 Å². The van der Waals surface area contributed by atoms with Crippen LogP contribution in [0, 0.1) is 17.1 Å². The van der Waals surface area contributed by atoms with Crippen LogP contribution in [0.2, 0.25) is 0 Å². The summed E-state index contributed by atoms with van der Waals surface area (Å²) in [4.78, 5) is 12.0. The molecule has 1 heterocycles. The normalized spacial score (nSPS) is 19.2. The highest BCUT2D eigenvalue weighted by Crippen LogP contribution is 2.16. The molecule has 5 nitrogen and oxygen atoms in total. The molecule has 0 aliphatic carbocycles. The van der Waals surface area contributed by atoms with Gasteiger partial charge in [-0.2, -0.15) is 5.26 Å². The van der Waals surface area contributed by atoms with E-state index in [4.69, 9.17) is 14.7 Å². The van der Waals surface area contributed by atoms with Gasteiger partial charge in [-0.3, -0.25) is 4.79 Å². The predicted molar refractivity (Wildman–Crippen MR) is 78.7 cm³/mol. The number of carbonyl (C=O) groups is 1. The molecule has 118 valence electrons. The molecule has 22 heavy (non-hydrogen) atoms. The summed E-state index contributed by atoms with van der Waals surface area (Å²) < 4.78 is 24.3. The molecule has 0 radical (unpaired) electrons. The number of halogens is 1. The van der Waals surface area contributed by atoms with Crippen molar-refractivity contribution in [2.24, 2.45) is 0 Å². The van der Waals surface area contributed by atoms with E-state index < -0.39 is 11.9 Å². The molecule has 1 aromatic rings. The molecule has 0 saturated carbocycles. The van der Waals surface area contributed by atoms with Crippen LogP contribution in [0.25, 0.3) is 0 Å². The van der Waals surface area contributed by atoms with Gasteiger partial charge in [-0.05, 0) is 44.4 Å². The van der Waals surface area contributed by atoms with E-state index in [1.54, 1.807) is 13.0 Å². The Balaban J connectivity index is 1.84. The molecule has 2 rings (SSSR count). The second-order valence-corrected chi connectivity index (χ2v) is 5.26. The van der Waals surface area contributed by atoms with Gasteiger partial charge in [0.05, 0.1) is 18.3 Å². The van der Waals surface area contributed by atoms with Crippen molar-refractivity contribution in [2.75, 3.05) is 18.5 Å². The third kappa shape index (κ3) is 4.52. The number of anilines is 1. The Hall–Kier alpha value is -1.97. The zero-order valence-electron chi connectivity index (χ0n) is 12.5. The maximum Gasteiger partial charge on any atom is 0.253 e. The van der Waals surface area contributed by atoms with Crippen LogP contribution in [-0.4, -0.2) is 31.3 Å². The Bertz CT molecular complexity index is 565. The Morgan fingerprint density at radius 1 is 1.59 bits per heavy atom. The zero-order valence-corrected chi connectivity index (χ0v) is 12.5. The Labute approximate surface area is 129 Å². The van der Waals surface area contributed by atoms with Crippen LogP contribution < -0.4 is 5.32 Å². The lowest BCUT2D eigenvalue weighted by Gasteiger charge is -2.23. The van der Waals surface area contributed by atoms with Crippen molar-refractivity contribution in [1.82, 2.24) is 0 Å². The molecule has 2 unspecified atom stereocenters. The highest BCUT2D eigenvalue weighted by atomic mass is 19.1. The molecule has 1 saturated heterocycles. The fraction of sp³-hybridized carbons (Fsp3) is 0.500. The standard InChI is InChI=1S/C16H19FN2O3/c1-11(22-10-14-4-2-3-7-21-14)16(20)19-13-5-6-15(17)12(8-13)9-18/h5-6,8,11,14H,2-4,7,10H2,1H3,(H,19,20). The van der Waals surface area contributed by atoms with Gasteiger partial charge in [0.2, 0.25) is 0 Å². The van der Waals surface area contributed by atoms with Gasteiger partial charge in [0.25, 0.3) is 5.91 Å². The molecule has 0 bridgehead atoms. The molecule has 1 aliphatic rings. The van der Waals surface area contributed by atoms with Crippen LogP contribution in [0.15, 0.2) is 18.2 Å². The molecule has 6 heteroatoms. The minimum atomic E-state index is -0.652. The summed E-state index contributed by atoms with van der Waals surface area (Å²) in [6.07, 6.45) is 2.51. The molecular formula is C16H19FN2O3. The largest absolute Gasteiger partial charge is 0.376 e. The van der Waals surface area contributed by atoms with E-state index in [-0.39, 0.29) is 17.6 Å². The highest BCUT2D eigenvalue weighted by Gasteiger charge is 2.19. The first-order chi connectivity index (χ1) is 10.6. The van der Waals surface area contributed by atoms with Gasteiger partial charge in [-0.15, -0.1) is 0 Å². The first-order valence-electron chi connectivity index (χ1n) is 7.34. The number of nitriles is 1. The summed E-state index contributed by atoms with van der Waals surface area (Å²) in [6.45, 7) is 2.76. The zero-order chi connectivity index (χ0) is 15.9. The van der Waals surface area contributed by atoms with Crippen molar-refractivity contribution < 1.29 is 18.7 Å². The maximum atomic E-state index is 13.2. The molecule has 1 aromatic carbocycles. The summed E-state index contributed by atoms with van der Waals surface area (Å²) >= 11 is 0. The minimum Gasteiger partial charge on any atom is -0.376 e. The van der Waals surface area contributed by atoms with E-state index in [1.807, 2.05) is 0 Å². The number of benzene rings is 1. The molecular weight excluding hydrogens is 287 g/mol. The number of hydrogen-bond donors (Lipinski definition) is 1. The molecule has 1 fully saturated rings. The molecule has 2 atom stereocenters. The number of nitrogens with one attached hydrogen (secondary N) is 1. The fourth-order valence-corrected chi connectivity index (χ4v) is 2.20. The average molecular weight is 306 g/mol. The summed E-state index contributed by atoms with van der Waals surface area (Å²) in [5.41, 5.74) is 0.259. The van der Waals surface area contributed by atoms with Crippen molar-refractivity contribution in [3.8, 4) is 6.07 Å².